The van der Waals surface area contributed by atoms with E-state index in [2.05, 4.69) is 148 Å². The molecule has 0 saturated heterocycles. The van der Waals surface area contributed by atoms with Crippen molar-refractivity contribution in [3.8, 4) is 22.6 Å². The molecule has 4 saturated carbocycles. The van der Waals surface area contributed by atoms with Crippen molar-refractivity contribution < 1.29 is 4.74 Å². The van der Waals surface area contributed by atoms with E-state index in [1.165, 1.54) is 95.4 Å². The first kappa shape index (κ1) is 30.5. The minimum absolute atomic E-state index is 0.0403. The van der Waals surface area contributed by atoms with E-state index in [9.17, 15) is 0 Å². The van der Waals surface area contributed by atoms with E-state index in [0.717, 1.165) is 23.3 Å². The molecule has 5 aliphatic carbocycles. The Morgan fingerprint density at radius 2 is 1.02 bits per heavy atom. The third-order valence-corrected chi connectivity index (χ3v) is 14.0. The fourth-order valence-electron chi connectivity index (χ4n) is 11.6. The lowest BCUT2D eigenvalue weighted by Crippen LogP contribution is -2.57. The summed E-state index contributed by atoms with van der Waals surface area (Å²) in [4.78, 5) is 2.51. The van der Waals surface area contributed by atoms with E-state index < -0.39 is 0 Å². The average molecular weight is 656 g/mol. The van der Waals surface area contributed by atoms with Gasteiger partial charge in [-0.3, -0.25) is 0 Å². The smallest absolute Gasteiger partial charge is 0.131 e. The van der Waals surface area contributed by atoms with Gasteiger partial charge in [-0.05, 0) is 156 Å². The van der Waals surface area contributed by atoms with Crippen LogP contribution in [0.4, 0.5) is 17.1 Å². The Morgan fingerprint density at radius 1 is 0.480 bits per heavy atom. The molecule has 5 aromatic carbocycles. The molecule has 50 heavy (non-hydrogen) atoms. The average Bonchev–Trinajstić information content (AvgIpc) is 3.12. The maximum atomic E-state index is 6.95. The zero-order valence-corrected chi connectivity index (χ0v) is 30.1. The zero-order valence-electron chi connectivity index (χ0n) is 30.1. The van der Waals surface area contributed by atoms with Gasteiger partial charge in [0, 0.05) is 33.6 Å². The topological polar surface area (TPSA) is 12.5 Å². The SMILES string of the molecule is CC1(C)CCC(C)(C)c2cc(N(c3ccccc3)c3ccc4c(c3)C3(c5cc(-c6ccccc6)ccc5O4)C4CC5CC(C4)CC3C5)ccc21. The molecule has 0 radical (unpaired) electrons. The molecule has 6 aliphatic rings. The molecule has 0 N–H and O–H groups in total. The molecule has 4 bridgehead atoms. The summed E-state index contributed by atoms with van der Waals surface area (Å²) in [5.74, 6) is 5.15. The van der Waals surface area contributed by atoms with E-state index >= 15 is 0 Å². The molecular formula is C48H49NO. The molecule has 1 spiro atoms. The lowest BCUT2D eigenvalue weighted by Gasteiger charge is -2.63. The maximum absolute atomic E-state index is 6.95. The second-order valence-corrected chi connectivity index (χ2v) is 17.7. The summed E-state index contributed by atoms with van der Waals surface area (Å²) in [6.45, 7) is 9.71. The summed E-state index contributed by atoms with van der Waals surface area (Å²) in [5, 5.41) is 0. The Balaban J connectivity index is 1.18. The summed E-state index contributed by atoms with van der Waals surface area (Å²) < 4.78 is 6.95. The second-order valence-electron chi connectivity index (χ2n) is 17.7. The van der Waals surface area contributed by atoms with E-state index in [-0.39, 0.29) is 16.2 Å². The Morgan fingerprint density at radius 3 is 1.68 bits per heavy atom. The highest BCUT2D eigenvalue weighted by molar-refractivity contribution is 5.80. The van der Waals surface area contributed by atoms with Gasteiger partial charge < -0.3 is 9.64 Å². The van der Waals surface area contributed by atoms with Crippen LogP contribution in [-0.4, -0.2) is 0 Å². The highest BCUT2D eigenvalue weighted by Gasteiger charge is 2.61. The lowest BCUT2D eigenvalue weighted by atomic mass is 9.41. The van der Waals surface area contributed by atoms with Crippen LogP contribution in [0.5, 0.6) is 11.5 Å². The van der Waals surface area contributed by atoms with Crippen LogP contribution in [0.3, 0.4) is 0 Å². The highest BCUT2D eigenvalue weighted by Crippen LogP contribution is 2.69. The molecule has 4 fully saturated rings. The van der Waals surface area contributed by atoms with Crippen LogP contribution in [0.1, 0.15) is 94.9 Å². The molecule has 11 rings (SSSR count). The minimum Gasteiger partial charge on any atom is -0.457 e. The van der Waals surface area contributed by atoms with Crippen LogP contribution in [0.15, 0.2) is 115 Å². The number of ether oxygens (including phenoxy) is 1. The van der Waals surface area contributed by atoms with E-state index in [1.807, 2.05) is 0 Å². The molecular weight excluding hydrogens is 607 g/mol. The summed E-state index contributed by atoms with van der Waals surface area (Å²) in [6.07, 6.45) is 9.21. The van der Waals surface area contributed by atoms with Crippen LogP contribution in [0, 0.1) is 23.7 Å². The van der Waals surface area contributed by atoms with Crippen molar-refractivity contribution in [2.45, 2.75) is 88.9 Å². The quantitative estimate of drug-likeness (QED) is 0.191. The van der Waals surface area contributed by atoms with Gasteiger partial charge in [-0.1, -0.05) is 88.4 Å². The first-order valence-electron chi connectivity index (χ1n) is 19.2. The number of fused-ring (bicyclic) bond motifs is 3. The van der Waals surface area contributed by atoms with E-state index in [1.54, 1.807) is 0 Å². The van der Waals surface area contributed by atoms with Gasteiger partial charge in [-0.25, -0.2) is 0 Å². The van der Waals surface area contributed by atoms with Gasteiger partial charge in [0.15, 0.2) is 0 Å². The van der Waals surface area contributed by atoms with Crippen LogP contribution in [0.25, 0.3) is 11.1 Å². The van der Waals surface area contributed by atoms with Crippen molar-refractivity contribution in [2.24, 2.45) is 23.7 Å². The monoisotopic (exact) mass is 655 g/mol. The predicted octanol–water partition coefficient (Wildman–Crippen LogP) is 13.0. The Hall–Kier alpha value is -4.30. The van der Waals surface area contributed by atoms with Crippen molar-refractivity contribution in [1.82, 2.24) is 0 Å². The molecule has 0 unspecified atom stereocenters. The number of nitrogens with zero attached hydrogens (tertiary/aromatic N) is 1. The van der Waals surface area contributed by atoms with Gasteiger partial charge in [0.05, 0.1) is 0 Å². The van der Waals surface area contributed by atoms with Crippen molar-refractivity contribution in [2.75, 3.05) is 4.90 Å². The van der Waals surface area contributed by atoms with Gasteiger partial charge in [0.25, 0.3) is 0 Å². The molecule has 5 aromatic rings. The normalized spacial score (nSPS) is 27.6. The Kier molecular flexibility index (Phi) is 6.62. The van der Waals surface area contributed by atoms with Gasteiger partial charge in [0.2, 0.25) is 0 Å². The van der Waals surface area contributed by atoms with Crippen molar-refractivity contribution in [3.05, 3.63) is 138 Å². The maximum Gasteiger partial charge on any atom is 0.131 e. The van der Waals surface area contributed by atoms with Gasteiger partial charge in [0.1, 0.15) is 11.5 Å². The molecule has 0 aromatic heterocycles. The molecule has 1 aliphatic heterocycles. The number of benzene rings is 5. The minimum atomic E-state index is -0.0403. The van der Waals surface area contributed by atoms with Gasteiger partial charge >= 0.3 is 0 Å². The summed E-state index contributed by atoms with van der Waals surface area (Å²) in [7, 11) is 0. The molecule has 252 valence electrons. The first-order valence-corrected chi connectivity index (χ1v) is 19.2. The molecule has 0 atom stereocenters. The van der Waals surface area contributed by atoms with Crippen LogP contribution in [0.2, 0.25) is 0 Å². The molecule has 1 heterocycles. The third kappa shape index (κ3) is 4.46. The van der Waals surface area contributed by atoms with Crippen molar-refractivity contribution in [3.63, 3.8) is 0 Å². The molecule has 2 heteroatoms. The van der Waals surface area contributed by atoms with Gasteiger partial charge in [-0.2, -0.15) is 0 Å². The number of hydrogen-bond donors (Lipinski definition) is 0. The zero-order chi connectivity index (χ0) is 33.8. The van der Waals surface area contributed by atoms with Crippen LogP contribution < -0.4 is 9.64 Å². The number of anilines is 3. The number of hydrogen-bond acceptors (Lipinski definition) is 2. The summed E-state index contributed by atoms with van der Waals surface area (Å²) >= 11 is 0. The molecule has 2 nitrogen and oxygen atoms in total. The fourth-order valence-corrected chi connectivity index (χ4v) is 11.6. The predicted molar refractivity (Wildman–Crippen MR) is 206 cm³/mol. The number of para-hydroxylation sites is 1. The van der Waals surface area contributed by atoms with Crippen molar-refractivity contribution >= 4 is 17.1 Å². The standard InChI is InChI=1S/C48H49NO/c1-46(2)21-22-47(3,4)41-29-38(16-18-40(41)46)49(37-13-9-6-10-14-37)39-17-20-45-43(30-39)48(35-24-31-23-32(26-35)27-36(48)25-31)42-28-34(15-19-44(42)50-45)33-11-7-5-8-12-33/h5-20,28-32,35-36H,21-27H2,1-4H3. The highest BCUT2D eigenvalue weighted by atomic mass is 16.5. The van der Waals surface area contributed by atoms with Gasteiger partial charge in [-0.15, -0.1) is 0 Å². The lowest BCUT2D eigenvalue weighted by molar-refractivity contribution is -0.0452. The summed E-state index contributed by atoms with van der Waals surface area (Å²) in [5.41, 5.74) is 12.4. The fraction of sp³-hybridized carbons (Fsp3) is 0.375. The Bertz CT molecular complexity index is 2080. The third-order valence-electron chi connectivity index (χ3n) is 14.0. The Labute approximate surface area is 298 Å². The van der Waals surface area contributed by atoms with Crippen molar-refractivity contribution in [1.29, 1.82) is 0 Å². The largest absolute Gasteiger partial charge is 0.457 e. The van der Waals surface area contributed by atoms with E-state index in [4.69, 9.17) is 4.74 Å². The van der Waals surface area contributed by atoms with Crippen LogP contribution in [-0.2, 0) is 16.2 Å². The van der Waals surface area contributed by atoms with Crippen LogP contribution >= 0.6 is 0 Å². The molecule has 0 amide bonds. The van der Waals surface area contributed by atoms with E-state index in [0.29, 0.717) is 11.8 Å². The number of rotatable bonds is 4. The summed E-state index contributed by atoms with van der Waals surface area (Å²) in [6, 6.07) is 43.5. The second kappa shape index (κ2) is 10.8. The first-order chi connectivity index (χ1) is 24.2.